The molecule has 1 aliphatic rings. The molecule has 3 rings (SSSR count). The van der Waals surface area contributed by atoms with Gasteiger partial charge in [0.05, 0.1) is 18.7 Å². The molecule has 0 unspecified atom stereocenters. The molecule has 0 aliphatic heterocycles. The van der Waals surface area contributed by atoms with Crippen molar-refractivity contribution in [2.75, 3.05) is 11.9 Å². The second kappa shape index (κ2) is 7.57. The summed E-state index contributed by atoms with van der Waals surface area (Å²) in [6.07, 6.45) is 3.45. The number of hydrogen-bond acceptors (Lipinski definition) is 4. The number of aromatic nitrogens is 1. The minimum Gasteiger partial charge on any atom is -0.347 e. The number of carbonyl (C=O) groups excluding carboxylic acids is 2. The van der Waals surface area contributed by atoms with Crippen molar-refractivity contribution in [3.05, 3.63) is 46.5 Å². The van der Waals surface area contributed by atoms with Gasteiger partial charge in [0.25, 0.3) is 0 Å². The van der Waals surface area contributed by atoms with E-state index in [4.69, 9.17) is 0 Å². The Kier molecular flexibility index (Phi) is 5.25. The molecule has 0 saturated carbocycles. The number of amides is 2. The van der Waals surface area contributed by atoms with Crippen LogP contribution in [0.1, 0.15) is 29.5 Å². The Morgan fingerprint density at radius 1 is 1.25 bits per heavy atom. The minimum absolute atomic E-state index is 0.0354. The van der Waals surface area contributed by atoms with Crippen LogP contribution < -0.4 is 10.6 Å². The zero-order chi connectivity index (χ0) is 16.9. The molecule has 5 nitrogen and oxygen atoms in total. The molecule has 2 amide bonds. The number of thiazole rings is 1. The normalized spacial score (nSPS) is 16.3. The SMILES string of the molecule is C[C@H]1CCc2nc(NC(=O)CNC(=O)Cc3ccccc3)sc2C1. The van der Waals surface area contributed by atoms with Crippen molar-refractivity contribution in [2.24, 2.45) is 5.92 Å². The third-order valence-electron chi connectivity index (χ3n) is 4.09. The monoisotopic (exact) mass is 343 g/mol. The third kappa shape index (κ3) is 4.41. The number of nitrogens with zero attached hydrogens (tertiary/aromatic N) is 1. The molecule has 6 heteroatoms. The van der Waals surface area contributed by atoms with Crippen molar-refractivity contribution >= 4 is 28.3 Å². The lowest BCUT2D eigenvalue weighted by atomic mass is 9.93. The van der Waals surface area contributed by atoms with Crippen LogP contribution in [0.4, 0.5) is 5.13 Å². The van der Waals surface area contributed by atoms with Crippen molar-refractivity contribution in [3.63, 3.8) is 0 Å². The summed E-state index contributed by atoms with van der Waals surface area (Å²) >= 11 is 1.55. The summed E-state index contributed by atoms with van der Waals surface area (Å²) in [5, 5.41) is 6.07. The van der Waals surface area contributed by atoms with Crippen molar-refractivity contribution < 1.29 is 9.59 Å². The smallest absolute Gasteiger partial charge is 0.245 e. The lowest BCUT2D eigenvalue weighted by Crippen LogP contribution is -2.33. The maximum absolute atomic E-state index is 12.0. The first kappa shape index (κ1) is 16.6. The molecular formula is C18H21N3O2S. The second-order valence-corrected chi connectivity index (χ2v) is 7.31. The quantitative estimate of drug-likeness (QED) is 0.876. The average molecular weight is 343 g/mol. The van der Waals surface area contributed by atoms with Gasteiger partial charge in [0.15, 0.2) is 5.13 Å². The van der Waals surface area contributed by atoms with Gasteiger partial charge >= 0.3 is 0 Å². The van der Waals surface area contributed by atoms with E-state index in [2.05, 4.69) is 22.5 Å². The Balaban J connectivity index is 1.47. The third-order valence-corrected chi connectivity index (χ3v) is 5.12. The van der Waals surface area contributed by atoms with Gasteiger partial charge < -0.3 is 10.6 Å². The van der Waals surface area contributed by atoms with Gasteiger partial charge in [-0.3, -0.25) is 9.59 Å². The van der Waals surface area contributed by atoms with E-state index in [9.17, 15) is 9.59 Å². The molecule has 0 saturated heterocycles. The van der Waals surface area contributed by atoms with Crippen LogP contribution in [0.2, 0.25) is 0 Å². The summed E-state index contributed by atoms with van der Waals surface area (Å²) in [4.78, 5) is 29.6. The highest BCUT2D eigenvalue weighted by atomic mass is 32.1. The summed E-state index contributed by atoms with van der Waals surface area (Å²) in [6, 6.07) is 9.46. The van der Waals surface area contributed by atoms with Crippen molar-refractivity contribution in [1.82, 2.24) is 10.3 Å². The zero-order valence-corrected chi connectivity index (χ0v) is 14.5. The summed E-state index contributed by atoms with van der Waals surface area (Å²) in [7, 11) is 0. The van der Waals surface area contributed by atoms with Crippen molar-refractivity contribution in [1.29, 1.82) is 0 Å². The van der Waals surface area contributed by atoms with E-state index >= 15 is 0 Å². The lowest BCUT2D eigenvalue weighted by molar-refractivity contribution is -0.123. The van der Waals surface area contributed by atoms with Crippen LogP contribution in [0.3, 0.4) is 0 Å². The molecule has 2 N–H and O–H groups in total. The number of nitrogens with one attached hydrogen (secondary N) is 2. The van der Waals surface area contributed by atoms with Crippen LogP contribution >= 0.6 is 11.3 Å². The second-order valence-electron chi connectivity index (χ2n) is 6.22. The highest BCUT2D eigenvalue weighted by Crippen LogP contribution is 2.31. The molecule has 24 heavy (non-hydrogen) atoms. The first-order valence-electron chi connectivity index (χ1n) is 8.19. The van der Waals surface area contributed by atoms with Gasteiger partial charge in [-0.25, -0.2) is 4.98 Å². The molecule has 0 fully saturated rings. The molecule has 1 atom stereocenters. The van der Waals surface area contributed by atoms with E-state index in [1.807, 2.05) is 30.3 Å². The molecule has 126 valence electrons. The Hall–Kier alpha value is -2.21. The fourth-order valence-corrected chi connectivity index (χ4v) is 3.97. The lowest BCUT2D eigenvalue weighted by Gasteiger charge is -2.15. The fraction of sp³-hybridized carbons (Fsp3) is 0.389. The Labute approximate surface area is 145 Å². The Bertz CT molecular complexity index is 727. The molecule has 0 spiro atoms. The summed E-state index contributed by atoms with van der Waals surface area (Å²) in [5.74, 6) is 0.276. The highest BCUT2D eigenvalue weighted by molar-refractivity contribution is 7.15. The molecule has 0 bridgehead atoms. The summed E-state index contributed by atoms with van der Waals surface area (Å²) in [6.45, 7) is 2.20. The number of aryl methyl sites for hydroxylation is 1. The van der Waals surface area contributed by atoms with Crippen molar-refractivity contribution in [2.45, 2.75) is 32.6 Å². The highest BCUT2D eigenvalue weighted by Gasteiger charge is 2.20. The molecule has 0 radical (unpaired) electrons. The predicted octanol–water partition coefficient (Wildman–Crippen LogP) is 2.57. The fourth-order valence-electron chi connectivity index (χ4n) is 2.78. The van der Waals surface area contributed by atoms with E-state index in [0.29, 0.717) is 11.0 Å². The zero-order valence-electron chi connectivity index (χ0n) is 13.7. The van der Waals surface area contributed by atoms with Gasteiger partial charge in [-0.2, -0.15) is 0 Å². The van der Waals surface area contributed by atoms with E-state index < -0.39 is 0 Å². The van der Waals surface area contributed by atoms with Crippen LogP contribution in [0.5, 0.6) is 0 Å². The molecule has 2 aromatic rings. The predicted molar refractivity (Wildman–Crippen MR) is 95.1 cm³/mol. The first-order chi connectivity index (χ1) is 11.6. The first-order valence-corrected chi connectivity index (χ1v) is 9.01. The number of anilines is 1. The van der Waals surface area contributed by atoms with Crippen LogP contribution in [0, 0.1) is 5.92 Å². The summed E-state index contributed by atoms with van der Waals surface area (Å²) < 4.78 is 0. The standard InChI is InChI=1S/C18H21N3O2S/c1-12-7-8-14-15(9-12)24-18(20-14)21-17(23)11-19-16(22)10-13-5-3-2-4-6-13/h2-6,12H,7-11H2,1H3,(H,19,22)(H,20,21,23)/t12-/m0/s1. The summed E-state index contributed by atoms with van der Waals surface area (Å²) in [5.41, 5.74) is 2.04. The van der Waals surface area contributed by atoms with Crippen molar-refractivity contribution in [3.8, 4) is 0 Å². The van der Waals surface area contributed by atoms with E-state index in [1.165, 1.54) is 4.88 Å². The molecule has 1 heterocycles. The minimum atomic E-state index is -0.240. The molecule has 1 aromatic carbocycles. The molecule has 1 aromatic heterocycles. The average Bonchev–Trinajstić information content (AvgIpc) is 2.95. The van der Waals surface area contributed by atoms with Gasteiger partial charge in [0.2, 0.25) is 11.8 Å². The van der Waals surface area contributed by atoms with Crippen LogP contribution in [-0.4, -0.2) is 23.3 Å². The number of carbonyl (C=O) groups is 2. The van der Waals surface area contributed by atoms with Gasteiger partial charge in [0.1, 0.15) is 0 Å². The molecular weight excluding hydrogens is 322 g/mol. The van der Waals surface area contributed by atoms with Crippen LogP contribution in [0.25, 0.3) is 0 Å². The van der Waals surface area contributed by atoms with E-state index in [1.54, 1.807) is 11.3 Å². The van der Waals surface area contributed by atoms with Gasteiger partial charge in [-0.1, -0.05) is 37.3 Å². The number of benzene rings is 1. The number of hydrogen-bond donors (Lipinski definition) is 2. The van der Waals surface area contributed by atoms with E-state index in [0.717, 1.165) is 30.5 Å². The van der Waals surface area contributed by atoms with E-state index in [-0.39, 0.29) is 24.8 Å². The van der Waals surface area contributed by atoms with Gasteiger partial charge in [-0.05, 0) is 30.7 Å². The largest absolute Gasteiger partial charge is 0.347 e. The number of rotatable bonds is 5. The maximum atomic E-state index is 12.0. The van der Waals surface area contributed by atoms with Crippen LogP contribution in [-0.2, 0) is 28.9 Å². The number of fused-ring (bicyclic) bond motifs is 1. The van der Waals surface area contributed by atoms with Gasteiger partial charge in [0, 0.05) is 4.88 Å². The van der Waals surface area contributed by atoms with Gasteiger partial charge in [-0.15, -0.1) is 11.3 Å². The Morgan fingerprint density at radius 2 is 2.04 bits per heavy atom. The Morgan fingerprint density at radius 3 is 2.83 bits per heavy atom. The van der Waals surface area contributed by atoms with Crippen LogP contribution in [0.15, 0.2) is 30.3 Å². The topological polar surface area (TPSA) is 71.1 Å². The maximum Gasteiger partial charge on any atom is 0.245 e. The molecule has 1 aliphatic carbocycles.